The molecule has 6 nitrogen and oxygen atoms in total. The Morgan fingerprint density at radius 2 is 2.24 bits per heavy atom. The molecular formula is C10H16N4O2S. The van der Waals surface area contributed by atoms with Crippen molar-refractivity contribution in [2.75, 3.05) is 13.1 Å². The van der Waals surface area contributed by atoms with E-state index in [0.29, 0.717) is 18.0 Å². The first-order valence-electron chi connectivity index (χ1n) is 5.16. The lowest BCUT2D eigenvalue weighted by Crippen LogP contribution is -2.34. The molecule has 2 amide bonds. The van der Waals surface area contributed by atoms with Crippen LogP contribution < -0.4 is 17.0 Å². The minimum absolute atomic E-state index is 0.177. The third-order valence-corrected chi connectivity index (χ3v) is 3.26. The Morgan fingerprint density at radius 1 is 1.53 bits per heavy atom. The van der Waals surface area contributed by atoms with E-state index in [4.69, 9.17) is 11.6 Å². The maximum absolute atomic E-state index is 11.5. The summed E-state index contributed by atoms with van der Waals surface area (Å²) in [5.74, 6) is 4.40. The Hall–Kier alpha value is -1.44. The second-order valence-electron chi connectivity index (χ2n) is 3.52. The molecule has 1 rings (SSSR count). The summed E-state index contributed by atoms with van der Waals surface area (Å²) >= 11 is 1.32. The number of amides is 2. The largest absolute Gasteiger partial charge is 0.369 e. The number of nitrogens with two attached hydrogens (primary N) is 2. The SMILES string of the molecule is CCN(CC(N)=O)Cc1ccsc1C(=O)NN. The molecule has 5 N–H and O–H groups in total. The minimum atomic E-state index is -0.382. The van der Waals surface area contributed by atoms with Crippen molar-refractivity contribution >= 4 is 23.2 Å². The molecule has 0 aliphatic heterocycles. The quantitative estimate of drug-likeness (QED) is 0.368. The minimum Gasteiger partial charge on any atom is -0.369 e. The van der Waals surface area contributed by atoms with Gasteiger partial charge in [-0.15, -0.1) is 11.3 Å². The highest BCUT2D eigenvalue weighted by Gasteiger charge is 2.15. The van der Waals surface area contributed by atoms with Crippen LogP contribution in [0.25, 0.3) is 0 Å². The fourth-order valence-corrected chi connectivity index (χ4v) is 2.28. The van der Waals surface area contributed by atoms with Crippen LogP contribution in [0.1, 0.15) is 22.2 Å². The molecule has 94 valence electrons. The number of hydrogen-bond acceptors (Lipinski definition) is 5. The molecular weight excluding hydrogens is 240 g/mol. The van der Waals surface area contributed by atoms with Crippen LogP contribution in [-0.4, -0.2) is 29.8 Å². The van der Waals surface area contributed by atoms with Gasteiger partial charge in [0, 0.05) is 6.54 Å². The Balaban J connectivity index is 2.76. The number of likely N-dealkylation sites (N-methyl/N-ethyl adjacent to an activating group) is 1. The molecule has 0 aromatic carbocycles. The van der Waals surface area contributed by atoms with Gasteiger partial charge in [-0.25, -0.2) is 5.84 Å². The molecule has 1 aromatic rings. The van der Waals surface area contributed by atoms with Crippen LogP contribution in [0.3, 0.4) is 0 Å². The summed E-state index contributed by atoms with van der Waals surface area (Å²) < 4.78 is 0. The van der Waals surface area contributed by atoms with Crippen molar-refractivity contribution in [2.24, 2.45) is 11.6 Å². The molecule has 0 fully saturated rings. The van der Waals surface area contributed by atoms with Crippen molar-refractivity contribution in [3.63, 3.8) is 0 Å². The molecule has 7 heteroatoms. The highest BCUT2D eigenvalue weighted by atomic mass is 32.1. The van der Waals surface area contributed by atoms with E-state index in [1.54, 1.807) is 0 Å². The lowest BCUT2D eigenvalue weighted by molar-refractivity contribution is -0.119. The van der Waals surface area contributed by atoms with Gasteiger partial charge in [-0.1, -0.05) is 6.92 Å². The molecule has 1 heterocycles. The standard InChI is InChI=1S/C10H16N4O2S/c1-2-14(6-8(11)15)5-7-3-4-17-9(7)10(16)13-12/h3-4H,2,5-6,12H2,1H3,(H2,11,15)(H,13,16). The van der Waals surface area contributed by atoms with Gasteiger partial charge in [-0.3, -0.25) is 19.9 Å². The Kier molecular flexibility index (Phi) is 5.08. The van der Waals surface area contributed by atoms with Crippen LogP contribution in [0.15, 0.2) is 11.4 Å². The number of carbonyl (C=O) groups excluding carboxylic acids is 2. The van der Waals surface area contributed by atoms with E-state index in [9.17, 15) is 9.59 Å². The van der Waals surface area contributed by atoms with Crippen molar-refractivity contribution in [1.29, 1.82) is 0 Å². The molecule has 0 spiro atoms. The van der Waals surface area contributed by atoms with Gasteiger partial charge in [0.05, 0.1) is 11.4 Å². The van der Waals surface area contributed by atoms with Gasteiger partial charge in [0.25, 0.3) is 5.91 Å². The average Bonchev–Trinajstić information content (AvgIpc) is 2.74. The van der Waals surface area contributed by atoms with Crippen LogP contribution in [0.2, 0.25) is 0 Å². The maximum atomic E-state index is 11.5. The number of hydrazine groups is 1. The van der Waals surface area contributed by atoms with E-state index in [0.717, 1.165) is 5.56 Å². The predicted molar refractivity (Wildman–Crippen MR) is 66.1 cm³/mol. The lowest BCUT2D eigenvalue weighted by Gasteiger charge is -2.18. The Morgan fingerprint density at radius 3 is 2.76 bits per heavy atom. The lowest BCUT2D eigenvalue weighted by atomic mass is 10.2. The van der Waals surface area contributed by atoms with Crippen LogP contribution in [0, 0.1) is 0 Å². The summed E-state index contributed by atoms with van der Waals surface area (Å²) in [5, 5.41) is 1.82. The van der Waals surface area contributed by atoms with E-state index in [1.807, 2.05) is 23.3 Å². The number of hydrogen-bond donors (Lipinski definition) is 3. The van der Waals surface area contributed by atoms with Gasteiger partial charge < -0.3 is 5.73 Å². The number of nitrogens with zero attached hydrogens (tertiary/aromatic N) is 1. The Labute approximate surface area is 104 Å². The monoisotopic (exact) mass is 256 g/mol. The highest BCUT2D eigenvalue weighted by molar-refractivity contribution is 7.12. The molecule has 0 bridgehead atoms. The third-order valence-electron chi connectivity index (χ3n) is 2.30. The summed E-state index contributed by atoms with van der Waals surface area (Å²) in [7, 11) is 0. The number of carbonyl (C=O) groups is 2. The maximum Gasteiger partial charge on any atom is 0.275 e. The van der Waals surface area contributed by atoms with Crippen molar-refractivity contribution in [3.8, 4) is 0 Å². The van der Waals surface area contributed by atoms with Crippen molar-refractivity contribution in [2.45, 2.75) is 13.5 Å². The van der Waals surface area contributed by atoms with Crippen LogP contribution in [-0.2, 0) is 11.3 Å². The predicted octanol–water partition coefficient (Wildman–Crippen LogP) is -0.341. The number of primary amides is 1. The summed E-state index contributed by atoms with van der Waals surface area (Å²) in [4.78, 5) is 24.7. The molecule has 0 aliphatic carbocycles. The summed E-state index contributed by atoms with van der Waals surface area (Å²) in [6.07, 6.45) is 0. The molecule has 17 heavy (non-hydrogen) atoms. The molecule has 0 saturated heterocycles. The second kappa shape index (κ2) is 6.33. The molecule has 0 atom stereocenters. The van der Waals surface area contributed by atoms with Crippen molar-refractivity contribution in [1.82, 2.24) is 10.3 Å². The fraction of sp³-hybridized carbons (Fsp3) is 0.400. The normalized spacial score (nSPS) is 10.5. The zero-order chi connectivity index (χ0) is 12.8. The van der Waals surface area contributed by atoms with E-state index >= 15 is 0 Å². The number of rotatable bonds is 6. The summed E-state index contributed by atoms with van der Waals surface area (Å²) in [6, 6.07) is 1.85. The van der Waals surface area contributed by atoms with Crippen molar-refractivity contribution in [3.05, 3.63) is 21.9 Å². The van der Waals surface area contributed by atoms with Gasteiger partial charge in [0.15, 0.2) is 0 Å². The zero-order valence-electron chi connectivity index (χ0n) is 9.60. The summed E-state index contributed by atoms with van der Waals surface area (Å²) in [5.41, 5.74) is 8.09. The van der Waals surface area contributed by atoms with Gasteiger partial charge in [0.1, 0.15) is 0 Å². The van der Waals surface area contributed by atoms with Crippen LogP contribution in [0.5, 0.6) is 0 Å². The first-order chi connectivity index (χ1) is 8.08. The molecule has 0 unspecified atom stereocenters. The van der Waals surface area contributed by atoms with Crippen LogP contribution in [0.4, 0.5) is 0 Å². The first-order valence-corrected chi connectivity index (χ1v) is 6.04. The molecule has 0 aliphatic rings. The van der Waals surface area contributed by atoms with E-state index in [-0.39, 0.29) is 18.4 Å². The number of nitrogen functional groups attached to an aromatic ring is 1. The van der Waals surface area contributed by atoms with Gasteiger partial charge >= 0.3 is 0 Å². The third kappa shape index (κ3) is 3.81. The molecule has 1 aromatic heterocycles. The Bertz CT molecular complexity index is 405. The van der Waals surface area contributed by atoms with E-state index < -0.39 is 0 Å². The van der Waals surface area contributed by atoms with E-state index in [1.165, 1.54) is 11.3 Å². The molecule has 0 saturated carbocycles. The second-order valence-corrected chi connectivity index (χ2v) is 4.43. The van der Waals surface area contributed by atoms with E-state index in [2.05, 4.69) is 5.43 Å². The zero-order valence-corrected chi connectivity index (χ0v) is 10.4. The highest BCUT2D eigenvalue weighted by Crippen LogP contribution is 2.18. The van der Waals surface area contributed by atoms with Gasteiger partial charge in [-0.05, 0) is 23.6 Å². The van der Waals surface area contributed by atoms with Gasteiger partial charge in [-0.2, -0.15) is 0 Å². The molecule has 0 radical (unpaired) electrons. The van der Waals surface area contributed by atoms with Crippen LogP contribution >= 0.6 is 11.3 Å². The first kappa shape index (κ1) is 13.6. The number of nitrogens with one attached hydrogen (secondary N) is 1. The van der Waals surface area contributed by atoms with Gasteiger partial charge in [0.2, 0.25) is 5.91 Å². The van der Waals surface area contributed by atoms with Crippen molar-refractivity contribution < 1.29 is 9.59 Å². The summed E-state index contributed by atoms with van der Waals surface area (Å²) in [6.45, 7) is 3.29. The number of thiophene rings is 1. The topological polar surface area (TPSA) is 101 Å². The average molecular weight is 256 g/mol. The fourth-order valence-electron chi connectivity index (χ4n) is 1.47. The smallest absolute Gasteiger partial charge is 0.275 e.